The van der Waals surface area contributed by atoms with Crippen LogP contribution < -0.4 is 11.0 Å². The fraction of sp³-hybridized carbons (Fsp3) is 0.294. The third-order valence-electron chi connectivity index (χ3n) is 4.53. The first-order valence-electron chi connectivity index (χ1n) is 8.12. The molecule has 0 unspecified atom stereocenters. The summed E-state index contributed by atoms with van der Waals surface area (Å²) in [6, 6.07) is 6.59. The highest BCUT2D eigenvalue weighted by atomic mass is 16.3. The average molecular weight is 338 g/mol. The van der Waals surface area contributed by atoms with Crippen LogP contribution in [0, 0.1) is 0 Å². The first-order valence-corrected chi connectivity index (χ1v) is 8.12. The molecule has 1 aromatic carbocycles. The van der Waals surface area contributed by atoms with Crippen molar-refractivity contribution in [3.63, 3.8) is 0 Å². The van der Waals surface area contributed by atoms with Crippen molar-refractivity contribution in [2.24, 2.45) is 0 Å². The van der Waals surface area contributed by atoms with Crippen LogP contribution in [0.5, 0.6) is 5.75 Å². The summed E-state index contributed by atoms with van der Waals surface area (Å²) < 4.78 is 1.65. The summed E-state index contributed by atoms with van der Waals surface area (Å²) in [7, 11) is 0. The van der Waals surface area contributed by atoms with Crippen LogP contribution in [0.3, 0.4) is 0 Å². The van der Waals surface area contributed by atoms with Crippen LogP contribution in [-0.4, -0.2) is 31.0 Å². The highest BCUT2D eigenvalue weighted by Crippen LogP contribution is 2.32. The van der Waals surface area contributed by atoms with Crippen molar-refractivity contribution < 1.29 is 9.90 Å². The highest BCUT2D eigenvalue weighted by Gasteiger charge is 2.24. The molecule has 1 amide bonds. The normalized spacial score (nSPS) is 14.9. The molecule has 3 N–H and O–H groups in total. The monoisotopic (exact) mass is 338 g/mol. The van der Waals surface area contributed by atoms with E-state index in [9.17, 15) is 14.7 Å². The molecule has 127 valence electrons. The van der Waals surface area contributed by atoms with Gasteiger partial charge in [0.1, 0.15) is 11.3 Å². The van der Waals surface area contributed by atoms with Crippen molar-refractivity contribution in [1.82, 2.24) is 19.5 Å². The van der Waals surface area contributed by atoms with Crippen molar-refractivity contribution in [3.8, 4) is 17.1 Å². The van der Waals surface area contributed by atoms with Gasteiger partial charge in [-0.2, -0.15) is 0 Å². The largest absolute Gasteiger partial charge is 0.508 e. The fourth-order valence-electron chi connectivity index (χ4n) is 3.42. The summed E-state index contributed by atoms with van der Waals surface area (Å²) in [5.74, 6) is 0.582. The lowest BCUT2D eigenvalue weighted by Crippen LogP contribution is -2.20. The molecular formula is C17H16N5O3. The van der Waals surface area contributed by atoms with Gasteiger partial charge in [-0.1, -0.05) is 25.0 Å². The van der Waals surface area contributed by atoms with Crippen LogP contribution in [0.1, 0.15) is 31.7 Å². The Morgan fingerprint density at radius 2 is 2.08 bits per heavy atom. The standard InChI is InChI=1S/C17H16N5O3/c23-9-18-15-13-16(22(17(25)19-13)11-5-1-2-6-11)21-14(20-15)10-4-3-7-12(24)8-10/h3-4,7-8,11,24H,1-2,5-6H2,(H,19,25)(H,18,20,21,23). The zero-order chi connectivity index (χ0) is 17.4. The van der Waals surface area contributed by atoms with E-state index in [1.165, 1.54) is 6.07 Å². The Kier molecular flexibility index (Phi) is 3.72. The van der Waals surface area contributed by atoms with Crippen LogP contribution in [-0.2, 0) is 4.79 Å². The van der Waals surface area contributed by atoms with Gasteiger partial charge < -0.3 is 15.4 Å². The molecule has 8 heteroatoms. The third-order valence-corrected chi connectivity index (χ3v) is 4.53. The van der Waals surface area contributed by atoms with E-state index >= 15 is 0 Å². The number of rotatable bonds is 4. The Morgan fingerprint density at radius 1 is 1.28 bits per heavy atom. The zero-order valence-corrected chi connectivity index (χ0v) is 13.3. The van der Waals surface area contributed by atoms with Crippen LogP contribution in [0.25, 0.3) is 22.6 Å². The number of H-pyrrole nitrogens is 1. The minimum absolute atomic E-state index is 0.0832. The predicted molar refractivity (Wildman–Crippen MR) is 92.1 cm³/mol. The molecule has 1 radical (unpaired) electrons. The summed E-state index contributed by atoms with van der Waals surface area (Å²) in [6.45, 7) is 0. The number of phenolic OH excluding ortho intramolecular Hbond substituents is 1. The van der Waals surface area contributed by atoms with Gasteiger partial charge in [-0.25, -0.2) is 14.8 Å². The van der Waals surface area contributed by atoms with Crippen molar-refractivity contribution in [2.45, 2.75) is 31.7 Å². The summed E-state index contributed by atoms with van der Waals surface area (Å²) in [5.41, 5.74) is 1.15. The second-order valence-corrected chi connectivity index (χ2v) is 6.11. The maximum atomic E-state index is 12.5. The maximum absolute atomic E-state index is 12.5. The van der Waals surface area contributed by atoms with Gasteiger partial charge >= 0.3 is 12.1 Å². The number of carbonyl (C=O) groups excluding carboxylic acids is 1. The van der Waals surface area contributed by atoms with Crippen molar-refractivity contribution in [1.29, 1.82) is 0 Å². The van der Waals surface area contributed by atoms with E-state index in [0.29, 0.717) is 22.6 Å². The van der Waals surface area contributed by atoms with Crippen LogP contribution in [0.2, 0.25) is 0 Å². The molecule has 4 rings (SSSR count). The molecule has 2 heterocycles. The summed E-state index contributed by atoms with van der Waals surface area (Å²) in [4.78, 5) is 34.9. The second-order valence-electron chi connectivity index (χ2n) is 6.11. The number of hydrogen-bond donors (Lipinski definition) is 3. The fourth-order valence-corrected chi connectivity index (χ4v) is 3.42. The predicted octanol–water partition coefficient (Wildman–Crippen LogP) is 2.09. The van der Waals surface area contributed by atoms with E-state index in [-0.39, 0.29) is 23.3 Å². The zero-order valence-electron chi connectivity index (χ0n) is 13.3. The van der Waals surface area contributed by atoms with E-state index in [1.807, 2.05) is 0 Å². The second kappa shape index (κ2) is 6.04. The maximum Gasteiger partial charge on any atom is 0.328 e. The average Bonchev–Trinajstić information content (AvgIpc) is 3.22. The topological polar surface area (TPSA) is 113 Å². The van der Waals surface area contributed by atoms with Crippen LogP contribution in [0.4, 0.5) is 5.82 Å². The van der Waals surface area contributed by atoms with Crippen molar-refractivity contribution in [2.75, 3.05) is 5.32 Å². The Morgan fingerprint density at radius 3 is 2.80 bits per heavy atom. The van der Waals surface area contributed by atoms with Crippen molar-refractivity contribution >= 4 is 23.4 Å². The van der Waals surface area contributed by atoms with E-state index in [4.69, 9.17) is 0 Å². The van der Waals surface area contributed by atoms with Gasteiger partial charge in [0.25, 0.3) is 0 Å². The molecule has 1 aliphatic carbocycles. The van der Waals surface area contributed by atoms with Gasteiger partial charge in [-0.3, -0.25) is 9.36 Å². The lowest BCUT2D eigenvalue weighted by molar-refractivity contribution is 0.475. The van der Waals surface area contributed by atoms with Gasteiger partial charge in [0.2, 0.25) is 0 Å². The molecule has 0 saturated heterocycles. The third kappa shape index (κ3) is 2.65. The number of anilines is 1. The summed E-state index contributed by atoms with van der Waals surface area (Å²) in [6.07, 6.45) is 5.57. The summed E-state index contributed by atoms with van der Waals surface area (Å²) in [5, 5.41) is 12.1. The number of aromatic hydroxyl groups is 1. The highest BCUT2D eigenvalue weighted by molar-refractivity contribution is 5.90. The minimum atomic E-state index is -0.266. The van der Waals surface area contributed by atoms with E-state index < -0.39 is 0 Å². The van der Waals surface area contributed by atoms with Gasteiger partial charge in [0, 0.05) is 11.6 Å². The van der Waals surface area contributed by atoms with E-state index in [1.54, 1.807) is 29.2 Å². The number of aromatic nitrogens is 4. The van der Waals surface area contributed by atoms with Gasteiger partial charge in [-0.15, -0.1) is 0 Å². The lowest BCUT2D eigenvalue weighted by atomic mass is 10.2. The molecule has 0 bridgehead atoms. The van der Waals surface area contributed by atoms with E-state index in [0.717, 1.165) is 25.7 Å². The van der Waals surface area contributed by atoms with E-state index in [2.05, 4.69) is 20.3 Å². The molecule has 0 spiro atoms. The Bertz CT molecular complexity index is 1000. The number of benzene rings is 1. The molecule has 25 heavy (non-hydrogen) atoms. The molecule has 1 saturated carbocycles. The summed E-state index contributed by atoms with van der Waals surface area (Å²) >= 11 is 0. The number of aromatic amines is 1. The Labute approximate surface area is 142 Å². The molecule has 1 fully saturated rings. The number of nitrogens with zero attached hydrogens (tertiary/aromatic N) is 3. The molecule has 1 aliphatic rings. The molecule has 8 nitrogen and oxygen atoms in total. The molecule has 3 aromatic rings. The molecule has 2 aromatic heterocycles. The molecule has 0 aliphatic heterocycles. The number of amides is 1. The number of nitrogens with one attached hydrogen (secondary N) is 2. The molecule has 0 atom stereocenters. The van der Waals surface area contributed by atoms with Crippen molar-refractivity contribution in [3.05, 3.63) is 34.7 Å². The Balaban J connectivity index is 1.97. The van der Waals surface area contributed by atoms with Gasteiger partial charge in [0.15, 0.2) is 17.3 Å². The lowest BCUT2D eigenvalue weighted by Gasteiger charge is -2.11. The van der Waals surface area contributed by atoms with Gasteiger partial charge in [-0.05, 0) is 25.0 Å². The first kappa shape index (κ1) is 15.4. The quantitative estimate of drug-likeness (QED) is 0.630. The SMILES string of the molecule is O=[C]Nc1nc(-c2cccc(O)c2)nc2c1[nH]c(=O)n2C1CCCC1. The number of phenols is 1. The van der Waals surface area contributed by atoms with Gasteiger partial charge in [0.05, 0.1) is 0 Å². The number of imidazole rings is 1. The van der Waals surface area contributed by atoms with Crippen LogP contribution in [0.15, 0.2) is 29.1 Å². The number of hydrogen-bond acceptors (Lipinski definition) is 5. The van der Waals surface area contributed by atoms with Crippen LogP contribution >= 0.6 is 0 Å². The smallest absolute Gasteiger partial charge is 0.328 e. The first-order chi connectivity index (χ1) is 12.2. The Hall–Kier alpha value is -3.16. The molecular weight excluding hydrogens is 322 g/mol. The number of fused-ring (bicyclic) bond motifs is 1. The minimum Gasteiger partial charge on any atom is -0.508 e.